The van der Waals surface area contributed by atoms with E-state index in [9.17, 15) is 4.79 Å². The fourth-order valence-corrected chi connectivity index (χ4v) is 3.14. The van der Waals surface area contributed by atoms with E-state index in [1.54, 1.807) is 20.3 Å². The van der Waals surface area contributed by atoms with Crippen LogP contribution < -0.4 is 20.5 Å². The Hall–Kier alpha value is -2.95. The number of methoxy groups -OCH3 is 2. The number of para-hydroxylation sites is 2. The Morgan fingerprint density at radius 3 is 2.60 bits per heavy atom. The molecule has 5 nitrogen and oxygen atoms in total. The Morgan fingerprint density at radius 1 is 1.08 bits per heavy atom. The number of benzene rings is 2. The number of ketones is 1. The minimum Gasteiger partial charge on any atom is -0.497 e. The van der Waals surface area contributed by atoms with Crippen molar-refractivity contribution < 1.29 is 14.3 Å². The van der Waals surface area contributed by atoms with Gasteiger partial charge < -0.3 is 20.5 Å². The number of anilines is 2. The third-order valence-corrected chi connectivity index (χ3v) is 4.39. The lowest BCUT2D eigenvalue weighted by atomic mass is 9.85. The molecule has 0 bridgehead atoms. The molecule has 0 heterocycles. The van der Waals surface area contributed by atoms with E-state index in [0.29, 0.717) is 18.5 Å². The van der Waals surface area contributed by atoms with Gasteiger partial charge in [0.25, 0.3) is 0 Å². The summed E-state index contributed by atoms with van der Waals surface area (Å²) in [5.41, 5.74) is 9.31. The summed E-state index contributed by atoms with van der Waals surface area (Å²) in [6.45, 7) is 0. The fourth-order valence-electron chi connectivity index (χ4n) is 3.14. The SMILES string of the molecule is COc1ccc(C2CC(=O)C=C(Nc3ccccc3N)C2)c(OC)c1. The lowest BCUT2D eigenvalue weighted by Crippen LogP contribution is -2.17. The maximum atomic E-state index is 12.2. The number of nitrogens with one attached hydrogen (secondary N) is 1. The van der Waals surface area contributed by atoms with Crippen LogP contribution >= 0.6 is 0 Å². The number of carbonyl (C=O) groups is 1. The van der Waals surface area contributed by atoms with E-state index < -0.39 is 0 Å². The maximum Gasteiger partial charge on any atom is 0.158 e. The molecule has 0 saturated heterocycles. The van der Waals surface area contributed by atoms with Gasteiger partial charge in [0.05, 0.1) is 25.6 Å². The highest BCUT2D eigenvalue weighted by atomic mass is 16.5. The van der Waals surface area contributed by atoms with Gasteiger partial charge in [-0.1, -0.05) is 18.2 Å². The van der Waals surface area contributed by atoms with Crippen molar-refractivity contribution >= 4 is 17.2 Å². The molecule has 0 amide bonds. The second-order valence-electron chi connectivity index (χ2n) is 6.06. The van der Waals surface area contributed by atoms with Crippen molar-refractivity contribution in [1.82, 2.24) is 0 Å². The molecule has 0 aliphatic heterocycles. The number of ether oxygens (including phenoxy) is 2. The number of nitrogens with two attached hydrogens (primary N) is 1. The van der Waals surface area contributed by atoms with Crippen LogP contribution in [-0.4, -0.2) is 20.0 Å². The first-order chi connectivity index (χ1) is 12.1. The van der Waals surface area contributed by atoms with Gasteiger partial charge in [-0.2, -0.15) is 0 Å². The Balaban J connectivity index is 1.85. The summed E-state index contributed by atoms with van der Waals surface area (Å²) < 4.78 is 10.7. The van der Waals surface area contributed by atoms with Crippen molar-refractivity contribution in [2.24, 2.45) is 0 Å². The molecule has 2 aromatic rings. The van der Waals surface area contributed by atoms with E-state index in [-0.39, 0.29) is 11.7 Å². The Labute approximate surface area is 147 Å². The van der Waals surface area contributed by atoms with Gasteiger partial charge >= 0.3 is 0 Å². The quantitative estimate of drug-likeness (QED) is 0.813. The van der Waals surface area contributed by atoms with Crippen LogP contribution in [0.3, 0.4) is 0 Å². The molecule has 0 spiro atoms. The third-order valence-electron chi connectivity index (χ3n) is 4.39. The first kappa shape index (κ1) is 16.9. The largest absolute Gasteiger partial charge is 0.497 e. The van der Waals surface area contributed by atoms with Crippen molar-refractivity contribution in [2.45, 2.75) is 18.8 Å². The molecule has 1 aliphatic rings. The fraction of sp³-hybridized carbons (Fsp3) is 0.250. The summed E-state index contributed by atoms with van der Waals surface area (Å²) in [6.07, 6.45) is 2.83. The summed E-state index contributed by atoms with van der Waals surface area (Å²) in [7, 11) is 3.25. The van der Waals surface area contributed by atoms with Crippen molar-refractivity contribution in [3.63, 3.8) is 0 Å². The zero-order chi connectivity index (χ0) is 17.8. The highest BCUT2D eigenvalue weighted by molar-refractivity contribution is 5.93. The van der Waals surface area contributed by atoms with Crippen LogP contribution in [0, 0.1) is 0 Å². The Morgan fingerprint density at radius 2 is 1.88 bits per heavy atom. The zero-order valence-electron chi connectivity index (χ0n) is 14.4. The minimum absolute atomic E-state index is 0.0470. The Bertz CT molecular complexity index is 814. The van der Waals surface area contributed by atoms with Crippen molar-refractivity contribution in [1.29, 1.82) is 0 Å². The summed E-state index contributed by atoms with van der Waals surface area (Å²) in [4.78, 5) is 12.2. The number of hydrogen-bond donors (Lipinski definition) is 2. The van der Waals surface area contributed by atoms with E-state index in [1.807, 2.05) is 42.5 Å². The first-order valence-corrected chi connectivity index (χ1v) is 8.17. The highest BCUT2D eigenvalue weighted by Gasteiger charge is 2.25. The molecule has 130 valence electrons. The van der Waals surface area contributed by atoms with Crippen molar-refractivity contribution in [2.75, 3.05) is 25.3 Å². The van der Waals surface area contributed by atoms with E-state index in [2.05, 4.69) is 5.32 Å². The summed E-state index contributed by atoms with van der Waals surface area (Å²) in [5, 5.41) is 3.29. The molecule has 25 heavy (non-hydrogen) atoms. The van der Waals surface area contributed by atoms with Crippen LogP contribution in [0.15, 0.2) is 54.2 Å². The second kappa shape index (κ2) is 7.30. The van der Waals surface area contributed by atoms with Crippen LogP contribution in [0.25, 0.3) is 0 Å². The molecule has 0 radical (unpaired) electrons. The molecule has 1 unspecified atom stereocenters. The second-order valence-corrected chi connectivity index (χ2v) is 6.06. The normalized spacial score (nSPS) is 17.0. The average Bonchev–Trinajstić information content (AvgIpc) is 2.62. The molecule has 0 saturated carbocycles. The topological polar surface area (TPSA) is 73.6 Å². The number of allylic oxidation sites excluding steroid dienone is 2. The van der Waals surface area contributed by atoms with Gasteiger partial charge in [0.1, 0.15) is 11.5 Å². The van der Waals surface area contributed by atoms with E-state index in [1.165, 1.54) is 0 Å². The van der Waals surface area contributed by atoms with Crippen LogP contribution in [0.1, 0.15) is 24.3 Å². The summed E-state index contributed by atoms with van der Waals surface area (Å²) in [5.74, 6) is 1.60. The minimum atomic E-state index is 0.0470. The first-order valence-electron chi connectivity index (χ1n) is 8.17. The molecule has 0 fully saturated rings. The van der Waals surface area contributed by atoms with Gasteiger partial charge in [-0.15, -0.1) is 0 Å². The van der Waals surface area contributed by atoms with Gasteiger partial charge in [-0.25, -0.2) is 0 Å². The number of nitrogen functional groups attached to an aromatic ring is 1. The molecule has 3 N–H and O–H groups in total. The van der Waals surface area contributed by atoms with Crippen molar-refractivity contribution in [3.8, 4) is 11.5 Å². The Kier molecular flexibility index (Phi) is 4.93. The van der Waals surface area contributed by atoms with Crippen LogP contribution in [-0.2, 0) is 4.79 Å². The number of rotatable bonds is 5. The molecular formula is C20H22N2O3. The monoisotopic (exact) mass is 338 g/mol. The van der Waals surface area contributed by atoms with Gasteiger partial charge in [-0.3, -0.25) is 4.79 Å². The number of carbonyl (C=O) groups excluding carboxylic acids is 1. The zero-order valence-corrected chi connectivity index (χ0v) is 14.4. The van der Waals surface area contributed by atoms with E-state index in [0.717, 1.165) is 28.4 Å². The van der Waals surface area contributed by atoms with Gasteiger partial charge in [0.15, 0.2) is 5.78 Å². The predicted molar refractivity (Wildman–Crippen MR) is 99.1 cm³/mol. The molecular weight excluding hydrogens is 316 g/mol. The van der Waals surface area contributed by atoms with Gasteiger partial charge in [-0.05, 0) is 30.2 Å². The molecule has 5 heteroatoms. The number of hydrogen-bond acceptors (Lipinski definition) is 5. The standard InChI is InChI=1S/C20H22N2O3/c1-24-16-7-8-17(20(12-16)25-2)13-9-14(11-15(23)10-13)22-19-6-4-3-5-18(19)21/h3-8,11-13,22H,9-10,21H2,1-2H3. The smallest absolute Gasteiger partial charge is 0.158 e. The third kappa shape index (κ3) is 3.76. The lowest BCUT2D eigenvalue weighted by Gasteiger charge is -2.25. The maximum absolute atomic E-state index is 12.2. The van der Waals surface area contributed by atoms with Crippen LogP contribution in [0.5, 0.6) is 11.5 Å². The average molecular weight is 338 g/mol. The highest BCUT2D eigenvalue weighted by Crippen LogP contribution is 2.38. The van der Waals surface area contributed by atoms with Gasteiger partial charge in [0, 0.05) is 30.2 Å². The molecule has 3 rings (SSSR count). The van der Waals surface area contributed by atoms with Gasteiger partial charge in [0.2, 0.25) is 0 Å². The summed E-state index contributed by atoms with van der Waals surface area (Å²) >= 11 is 0. The molecule has 1 atom stereocenters. The predicted octanol–water partition coefficient (Wildman–Crippen LogP) is 3.73. The molecule has 0 aromatic heterocycles. The van der Waals surface area contributed by atoms with Crippen LogP contribution in [0.2, 0.25) is 0 Å². The molecule has 2 aromatic carbocycles. The summed E-state index contributed by atoms with van der Waals surface area (Å²) in [6, 6.07) is 13.2. The lowest BCUT2D eigenvalue weighted by molar-refractivity contribution is -0.115. The van der Waals surface area contributed by atoms with Crippen molar-refractivity contribution in [3.05, 3.63) is 59.8 Å². The molecule has 1 aliphatic carbocycles. The van der Waals surface area contributed by atoms with E-state index in [4.69, 9.17) is 15.2 Å². The van der Waals surface area contributed by atoms with E-state index >= 15 is 0 Å². The van der Waals surface area contributed by atoms with Crippen LogP contribution in [0.4, 0.5) is 11.4 Å².